The Morgan fingerprint density at radius 3 is 2.84 bits per heavy atom. The lowest BCUT2D eigenvalue weighted by molar-refractivity contribution is 0.0696. The second-order valence-corrected chi connectivity index (χ2v) is 4.66. The van der Waals surface area contributed by atoms with Crippen LogP contribution in [-0.2, 0) is 0 Å². The van der Waals surface area contributed by atoms with E-state index in [0.717, 1.165) is 10.9 Å². The van der Waals surface area contributed by atoms with Gasteiger partial charge in [-0.1, -0.05) is 18.2 Å². The van der Waals surface area contributed by atoms with Crippen LogP contribution in [0.25, 0.3) is 10.9 Å². The van der Waals surface area contributed by atoms with Gasteiger partial charge in [0.25, 0.3) is 0 Å². The highest BCUT2D eigenvalue weighted by molar-refractivity contribution is 7.09. The third-order valence-corrected chi connectivity index (χ3v) is 3.40. The van der Waals surface area contributed by atoms with Crippen LogP contribution < -0.4 is 4.74 Å². The van der Waals surface area contributed by atoms with E-state index in [1.54, 1.807) is 12.1 Å². The lowest BCUT2D eigenvalue weighted by atomic mass is 10.2. The molecule has 0 radical (unpaired) electrons. The van der Waals surface area contributed by atoms with Crippen LogP contribution in [0.3, 0.4) is 0 Å². The zero-order valence-electron chi connectivity index (χ0n) is 9.74. The number of aromatic nitrogens is 1. The number of fused-ring (bicyclic) bond motifs is 1. The molecule has 0 bridgehead atoms. The molecule has 0 aliphatic rings. The molecule has 4 nitrogen and oxygen atoms in total. The number of carbonyl (C=O) groups is 1. The van der Waals surface area contributed by atoms with Gasteiger partial charge >= 0.3 is 5.97 Å². The fourth-order valence-corrected chi connectivity index (χ4v) is 2.48. The second kappa shape index (κ2) is 4.70. The molecule has 0 aliphatic heterocycles. The Morgan fingerprint density at radius 1 is 1.16 bits per heavy atom. The minimum Gasteiger partial charge on any atom is -0.478 e. The number of nitrogens with zero attached hydrogens (tertiary/aromatic N) is 1. The van der Waals surface area contributed by atoms with Gasteiger partial charge in [0.1, 0.15) is 5.75 Å². The van der Waals surface area contributed by atoms with E-state index in [4.69, 9.17) is 9.84 Å². The van der Waals surface area contributed by atoms with Crippen molar-refractivity contribution < 1.29 is 14.6 Å². The van der Waals surface area contributed by atoms with E-state index in [1.165, 1.54) is 23.7 Å². The maximum Gasteiger partial charge on any atom is 0.335 e. The summed E-state index contributed by atoms with van der Waals surface area (Å²) in [5.41, 5.74) is 1.07. The first-order chi connectivity index (χ1) is 9.24. The van der Waals surface area contributed by atoms with Crippen molar-refractivity contribution in [1.82, 2.24) is 4.37 Å². The summed E-state index contributed by atoms with van der Waals surface area (Å²) in [7, 11) is 0. The van der Waals surface area contributed by atoms with Gasteiger partial charge in [0.15, 0.2) is 0 Å². The van der Waals surface area contributed by atoms with Crippen LogP contribution in [-0.4, -0.2) is 15.4 Å². The third-order valence-electron chi connectivity index (χ3n) is 2.64. The van der Waals surface area contributed by atoms with Crippen LogP contribution >= 0.6 is 11.5 Å². The van der Waals surface area contributed by atoms with Gasteiger partial charge < -0.3 is 9.84 Å². The SMILES string of the molecule is O=C(O)c1cccc(Oc2snc3ccccc23)c1. The molecule has 0 spiro atoms. The van der Waals surface area contributed by atoms with Crippen molar-refractivity contribution in [2.24, 2.45) is 0 Å². The number of aromatic carboxylic acids is 1. The smallest absolute Gasteiger partial charge is 0.335 e. The molecule has 0 atom stereocenters. The average Bonchev–Trinajstić information content (AvgIpc) is 2.83. The Balaban J connectivity index is 1.97. The molecule has 2 aromatic carbocycles. The summed E-state index contributed by atoms with van der Waals surface area (Å²) in [4.78, 5) is 10.9. The highest BCUT2D eigenvalue weighted by Gasteiger charge is 2.09. The molecule has 0 aliphatic carbocycles. The van der Waals surface area contributed by atoms with Crippen LogP contribution in [0, 0.1) is 0 Å². The quantitative estimate of drug-likeness (QED) is 0.787. The Bertz CT molecular complexity index is 751. The molecule has 3 aromatic rings. The molecule has 1 heterocycles. The van der Waals surface area contributed by atoms with Gasteiger partial charge in [-0.05, 0) is 30.3 Å². The minimum absolute atomic E-state index is 0.200. The molecular formula is C14H9NO3S. The van der Waals surface area contributed by atoms with Gasteiger partial charge in [0.2, 0.25) is 5.06 Å². The molecule has 0 unspecified atom stereocenters. The first kappa shape index (κ1) is 11.7. The summed E-state index contributed by atoms with van der Waals surface area (Å²) in [6.07, 6.45) is 0. The highest BCUT2D eigenvalue weighted by Crippen LogP contribution is 2.33. The average molecular weight is 271 g/mol. The molecule has 19 heavy (non-hydrogen) atoms. The summed E-state index contributed by atoms with van der Waals surface area (Å²) in [5.74, 6) is -0.478. The number of carboxylic acid groups (broad SMARTS) is 1. The Hall–Kier alpha value is -2.40. The zero-order chi connectivity index (χ0) is 13.2. The Kier molecular flexibility index (Phi) is 2.89. The lowest BCUT2D eigenvalue weighted by Crippen LogP contribution is -1.95. The standard InChI is InChI=1S/C14H9NO3S/c16-13(17)9-4-3-5-10(8-9)18-14-11-6-1-2-7-12(11)15-19-14/h1-8H,(H,16,17). The summed E-state index contributed by atoms with van der Waals surface area (Å²) < 4.78 is 9.99. The molecule has 0 saturated heterocycles. The number of ether oxygens (including phenoxy) is 1. The third kappa shape index (κ3) is 2.28. The van der Waals surface area contributed by atoms with E-state index in [0.29, 0.717) is 10.8 Å². The molecular weight excluding hydrogens is 262 g/mol. The molecule has 1 N–H and O–H groups in total. The monoisotopic (exact) mass is 271 g/mol. The minimum atomic E-state index is -0.973. The largest absolute Gasteiger partial charge is 0.478 e. The second-order valence-electron chi connectivity index (χ2n) is 3.92. The Morgan fingerprint density at radius 2 is 2.00 bits per heavy atom. The number of carboxylic acids is 1. The van der Waals surface area contributed by atoms with Gasteiger partial charge in [0.05, 0.1) is 16.5 Å². The predicted octanol–water partition coefficient (Wildman–Crippen LogP) is 3.79. The van der Waals surface area contributed by atoms with Crippen molar-refractivity contribution in [3.63, 3.8) is 0 Å². The van der Waals surface area contributed by atoms with E-state index < -0.39 is 5.97 Å². The van der Waals surface area contributed by atoms with Crippen LogP contribution in [0.1, 0.15) is 10.4 Å². The fourth-order valence-electron chi connectivity index (χ4n) is 1.74. The summed E-state index contributed by atoms with van der Waals surface area (Å²) >= 11 is 1.25. The van der Waals surface area contributed by atoms with E-state index in [-0.39, 0.29) is 5.56 Å². The maximum atomic E-state index is 10.9. The van der Waals surface area contributed by atoms with Crippen molar-refractivity contribution in [2.45, 2.75) is 0 Å². The molecule has 94 valence electrons. The topological polar surface area (TPSA) is 59.4 Å². The first-order valence-electron chi connectivity index (χ1n) is 5.60. The van der Waals surface area contributed by atoms with Crippen molar-refractivity contribution >= 4 is 28.4 Å². The van der Waals surface area contributed by atoms with Crippen LogP contribution in [0.15, 0.2) is 48.5 Å². The van der Waals surface area contributed by atoms with Crippen molar-refractivity contribution in [2.75, 3.05) is 0 Å². The van der Waals surface area contributed by atoms with Crippen LogP contribution in [0.5, 0.6) is 10.8 Å². The molecule has 0 fully saturated rings. The first-order valence-corrected chi connectivity index (χ1v) is 6.37. The fraction of sp³-hybridized carbons (Fsp3) is 0. The predicted molar refractivity (Wildman–Crippen MR) is 73.1 cm³/mol. The number of hydrogen-bond donors (Lipinski definition) is 1. The van der Waals surface area contributed by atoms with Crippen molar-refractivity contribution in [3.8, 4) is 10.8 Å². The van der Waals surface area contributed by atoms with Crippen molar-refractivity contribution in [3.05, 3.63) is 54.1 Å². The van der Waals surface area contributed by atoms with E-state index in [2.05, 4.69) is 4.37 Å². The molecule has 1 aromatic heterocycles. The Labute approximate surface area is 113 Å². The molecule has 0 amide bonds. The lowest BCUT2D eigenvalue weighted by Gasteiger charge is -2.03. The number of rotatable bonds is 3. The van der Waals surface area contributed by atoms with Crippen LogP contribution in [0.2, 0.25) is 0 Å². The molecule has 0 saturated carbocycles. The van der Waals surface area contributed by atoms with Gasteiger partial charge in [-0.15, -0.1) is 0 Å². The normalized spacial score (nSPS) is 10.5. The van der Waals surface area contributed by atoms with Crippen LogP contribution in [0.4, 0.5) is 0 Å². The number of hydrogen-bond acceptors (Lipinski definition) is 4. The summed E-state index contributed by atoms with van der Waals surface area (Å²) in [5, 5.41) is 10.5. The van der Waals surface area contributed by atoms with E-state index >= 15 is 0 Å². The number of benzene rings is 2. The molecule has 3 rings (SSSR count). The van der Waals surface area contributed by atoms with Gasteiger partial charge in [0, 0.05) is 11.5 Å². The van der Waals surface area contributed by atoms with Crippen molar-refractivity contribution in [1.29, 1.82) is 0 Å². The van der Waals surface area contributed by atoms with Gasteiger partial charge in [-0.25, -0.2) is 4.79 Å². The van der Waals surface area contributed by atoms with Gasteiger partial charge in [-0.2, -0.15) is 4.37 Å². The van der Waals surface area contributed by atoms with E-state index in [9.17, 15) is 4.79 Å². The van der Waals surface area contributed by atoms with Gasteiger partial charge in [-0.3, -0.25) is 0 Å². The summed E-state index contributed by atoms with van der Waals surface area (Å²) in [6, 6.07) is 14.1. The molecule has 5 heteroatoms. The zero-order valence-corrected chi connectivity index (χ0v) is 10.6. The summed E-state index contributed by atoms with van der Waals surface area (Å²) in [6.45, 7) is 0. The van der Waals surface area contributed by atoms with E-state index in [1.807, 2.05) is 24.3 Å². The highest BCUT2D eigenvalue weighted by atomic mass is 32.1. The maximum absolute atomic E-state index is 10.9.